The van der Waals surface area contributed by atoms with Gasteiger partial charge in [0, 0.05) is 11.8 Å². The van der Waals surface area contributed by atoms with Gasteiger partial charge in [-0.05, 0) is 44.0 Å². The summed E-state index contributed by atoms with van der Waals surface area (Å²) in [7, 11) is 0. The van der Waals surface area contributed by atoms with Crippen LogP contribution in [-0.4, -0.2) is 30.6 Å². The maximum absolute atomic E-state index is 5.85. The van der Waals surface area contributed by atoms with E-state index in [1.807, 2.05) is 11.8 Å². The standard InChI is InChI=1S/C10H22N2S/c1-2-10(11)8-13-7-9-4-3-5-12-6-9/h9-10,12H,2-8,11H2,1H3. The van der Waals surface area contributed by atoms with Crippen LogP contribution in [-0.2, 0) is 0 Å². The highest BCUT2D eigenvalue weighted by atomic mass is 32.2. The van der Waals surface area contributed by atoms with E-state index in [0.29, 0.717) is 6.04 Å². The van der Waals surface area contributed by atoms with Crippen molar-refractivity contribution in [1.29, 1.82) is 0 Å². The molecule has 0 aromatic carbocycles. The minimum absolute atomic E-state index is 0.404. The zero-order valence-electron chi connectivity index (χ0n) is 8.59. The molecule has 1 saturated heterocycles. The Hall–Kier alpha value is 0.270. The molecule has 0 aromatic rings. The smallest absolute Gasteiger partial charge is 0.0127 e. The fraction of sp³-hybridized carbons (Fsp3) is 1.00. The Morgan fingerprint density at radius 2 is 2.46 bits per heavy atom. The molecule has 0 amide bonds. The maximum Gasteiger partial charge on any atom is 0.0127 e. The van der Waals surface area contributed by atoms with Gasteiger partial charge >= 0.3 is 0 Å². The van der Waals surface area contributed by atoms with Crippen molar-refractivity contribution in [2.75, 3.05) is 24.6 Å². The second-order valence-corrected chi connectivity index (χ2v) is 4.99. The van der Waals surface area contributed by atoms with E-state index >= 15 is 0 Å². The van der Waals surface area contributed by atoms with E-state index in [-0.39, 0.29) is 0 Å². The van der Waals surface area contributed by atoms with E-state index < -0.39 is 0 Å². The second kappa shape index (κ2) is 6.68. The normalized spacial score (nSPS) is 25.8. The quantitative estimate of drug-likeness (QED) is 0.709. The van der Waals surface area contributed by atoms with Crippen molar-refractivity contribution in [3.8, 4) is 0 Å². The number of piperidine rings is 1. The van der Waals surface area contributed by atoms with Crippen LogP contribution in [0.5, 0.6) is 0 Å². The van der Waals surface area contributed by atoms with Crippen LogP contribution in [0.3, 0.4) is 0 Å². The molecular formula is C10H22N2S. The van der Waals surface area contributed by atoms with Gasteiger partial charge in [-0.3, -0.25) is 0 Å². The Labute approximate surface area is 86.0 Å². The summed E-state index contributed by atoms with van der Waals surface area (Å²) < 4.78 is 0. The molecule has 0 aliphatic carbocycles. The summed E-state index contributed by atoms with van der Waals surface area (Å²) in [6.07, 6.45) is 3.86. The Bertz CT molecular complexity index is 124. The Kier molecular flexibility index (Phi) is 5.83. The number of nitrogens with one attached hydrogen (secondary N) is 1. The highest BCUT2D eigenvalue weighted by molar-refractivity contribution is 7.99. The van der Waals surface area contributed by atoms with Crippen molar-refractivity contribution >= 4 is 11.8 Å². The Balaban J connectivity index is 1.98. The van der Waals surface area contributed by atoms with E-state index in [1.54, 1.807) is 0 Å². The summed E-state index contributed by atoms with van der Waals surface area (Å²) >= 11 is 2.03. The van der Waals surface area contributed by atoms with Crippen molar-refractivity contribution in [1.82, 2.24) is 5.32 Å². The van der Waals surface area contributed by atoms with Gasteiger partial charge in [-0.15, -0.1) is 0 Å². The van der Waals surface area contributed by atoms with Gasteiger partial charge in [-0.2, -0.15) is 11.8 Å². The first-order valence-corrected chi connectivity index (χ1v) is 6.52. The van der Waals surface area contributed by atoms with E-state index in [9.17, 15) is 0 Å². The van der Waals surface area contributed by atoms with Gasteiger partial charge in [0.2, 0.25) is 0 Å². The first-order chi connectivity index (χ1) is 6.33. The number of nitrogens with two attached hydrogens (primary N) is 1. The van der Waals surface area contributed by atoms with E-state index in [4.69, 9.17) is 5.73 Å². The molecule has 2 nitrogen and oxygen atoms in total. The lowest BCUT2D eigenvalue weighted by Gasteiger charge is -2.22. The molecule has 0 bridgehead atoms. The average Bonchev–Trinajstić information content (AvgIpc) is 2.19. The molecule has 0 spiro atoms. The lowest BCUT2D eigenvalue weighted by molar-refractivity contribution is 0.410. The monoisotopic (exact) mass is 202 g/mol. The summed E-state index contributed by atoms with van der Waals surface area (Å²) in [5.74, 6) is 3.32. The van der Waals surface area contributed by atoms with Crippen LogP contribution >= 0.6 is 11.8 Å². The van der Waals surface area contributed by atoms with Crippen molar-refractivity contribution in [2.45, 2.75) is 32.2 Å². The molecule has 13 heavy (non-hydrogen) atoms. The molecule has 0 radical (unpaired) electrons. The average molecular weight is 202 g/mol. The lowest BCUT2D eigenvalue weighted by Crippen LogP contribution is -2.31. The molecule has 1 heterocycles. The predicted molar refractivity (Wildman–Crippen MR) is 61.2 cm³/mol. The summed E-state index contributed by atoms with van der Waals surface area (Å²) in [5, 5.41) is 3.44. The summed E-state index contributed by atoms with van der Waals surface area (Å²) in [6, 6.07) is 0.404. The number of hydrogen-bond acceptors (Lipinski definition) is 3. The number of rotatable bonds is 5. The fourth-order valence-corrected chi connectivity index (χ4v) is 2.86. The van der Waals surface area contributed by atoms with Crippen molar-refractivity contribution < 1.29 is 0 Å². The SMILES string of the molecule is CCC(N)CSCC1CCCNC1. The van der Waals surface area contributed by atoms with Crippen LogP contribution in [0.1, 0.15) is 26.2 Å². The van der Waals surface area contributed by atoms with Crippen LogP contribution in [0, 0.1) is 5.92 Å². The van der Waals surface area contributed by atoms with Gasteiger partial charge in [-0.25, -0.2) is 0 Å². The van der Waals surface area contributed by atoms with Crippen molar-refractivity contribution in [3.63, 3.8) is 0 Å². The third-order valence-electron chi connectivity index (χ3n) is 2.61. The van der Waals surface area contributed by atoms with Gasteiger partial charge in [0.15, 0.2) is 0 Å². The molecule has 1 aliphatic rings. The first kappa shape index (κ1) is 11.3. The van der Waals surface area contributed by atoms with Crippen LogP contribution in [0.4, 0.5) is 0 Å². The van der Waals surface area contributed by atoms with Gasteiger partial charge in [0.25, 0.3) is 0 Å². The van der Waals surface area contributed by atoms with Crippen LogP contribution in [0.2, 0.25) is 0 Å². The van der Waals surface area contributed by atoms with Crippen LogP contribution < -0.4 is 11.1 Å². The Morgan fingerprint density at radius 3 is 3.08 bits per heavy atom. The first-order valence-electron chi connectivity index (χ1n) is 5.37. The molecule has 78 valence electrons. The van der Waals surface area contributed by atoms with Crippen molar-refractivity contribution in [2.24, 2.45) is 11.7 Å². The molecule has 3 N–H and O–H groups in total. The van der Waals surface area contributed by atoms with E-state index in [2.05, 4.69) is 12.2 Å². The third-order valence-corrected chi connectivity index (χ3v) is 3.98. The molecule has 0 saturated carbocycles. The predicted octanol–water partition coefficient (Wildman–Crippen LogP) is 1.46. The molecule has 0 aromatic heterocycles. The lowest BCUT2D eigenvalue weighted by atomic mass is 10.0. The highest BCUT2D eigenvalue weighted by Gasteiger charge is 2.12. The zero-order chi connectivity index (χ0) is 9.52. The highest BCUT2D eigenvalue weighted by Crippen LogP contribution is 2.16. The largest absolute Gasteiger partial charge is 0.327 e. The topological polar surface area (TPSA) is 38.0 Å². The fourth-order valence-electron chi connectivity index (χ4n) is 1.57. The summed E-state index contributed by atoms with van der Waals surface area (Å²) in [6.45, 7) is 4.59. The maximum atomic E-state index is 5.85. The van der Waals surface area contributed by atoms with Gasteiger partial charge < -0.3 is 11.1 Å². The van der Waals surface area contributed by atoms with Gasteiger partial charge in [-0.1, -0.05) is 6.92 Å². The summed E-state index contributed by atoms with van der Waals surface area (Å²) in [4.78, 5) is 0. The summed E-state index contributed by atoms with van der Waals surface area (Å²) in [5.41, 5.74) is 5.85. The molecule has 1 aliphatic heterocycles. The molecule has 3 heteroatoms. The van der Waals surface area contributed by atoms with E-state index in [1.165, 1.54) is 31.7 Å². The minimum Gasteiger partial charge on any atom is -0.327 e. The van der Waals surface area contributed by atoms with Crippen molar-refractivity contribution in [3.05, 3.63) is 0 Å². The number of thioether (sulfide) groups is 1. The minimum atomic E-state index is 0.404. The Morgan fingerprint density at radius 1 is 1.62 bits per heavy atom. The molecule has 1 rings (SSSR count). The molecule has 2 unspecified atom stereocenters. The molecule has 1 fully saturated rings. The van der Waals surface area contributed by atoms with Crippen LogP contribution in [0.15, 0.2) is 0 Å². The van der Waals surface area contributed by atoms with E-state index in [0.717, 1.165) is 18.1 Å². The van der Waals surface area contributed by atoms with Gasteiger partial charge in [0.05, 0.1) is 0 Å². The number of hydrogen-bond donors (Lipinski definition) is 2. The zero-order valence-corrected chi connectivity index (χ0v) is 9.41. The van der Waals surface area contributed by atoms with Gasteiger partial charge in [0.1, 0.15) is 0 Å². The molecule has 2 atom stereocenters. The second-order valence-electron chi connectivity index (χ2n) is 3.92. The molecular weight excluding hydrogens is 180 g/mol. The third kappa shape index (κ3) is 4.89. The van der Waals surface area contributed by atoms with Crippen LogP contribution in [0.25, 0.3) is 0 Å².